The number of amides is 1. The summed E-state index contributed by atoms with van der Waals surface area (Å²) in [6, 6.07) is 2.38. The molecule has 0 saturated heterocycles. The van der Waals surface area contributed by atoms with Gasteiger partial charge < -0.3 is 20.5 Å². The third-order valence-corrected chi connectivity index (χ3v) is 3.92. The average molecular weight is 399 g/mol. The van der Waals surface area contributed by atoms with Gasteiger partial charge in [-0.2, -0.15) is 13.2 Å². The van der Waals surface area contributed by atoms with Gasteiger partial charge in [-0.05, 0) is 31.4 Å². The fraction of sp³-hybridized carbons (Fsp3) is 0.467. The molecule has 1 aromatic carbocycles. The second kappa shape index (κ2) is 8.09. The summed E-state index contributed by atoms with van der Waals surface area (Å²) in [7, 11) is 0. The monoisotopic (exact) mass is 398 g/mol. The zero-order chi connectivity index (χ0) is 19.5. The molecule has 144 valence electrons. The van der Waals surface area contributed by atoms with E-state index in [1.165, 1.54) is 0 Å². The van der Waals surface area contributed by atoms with Crippen molar-refractivity contribution in [3.8, 4) is 5.75 Å². The van der Waals surface area contributed by atoms with E-state index >= 15 is 0 Å². The minimum Gasteiger partial charge on any atom is -0.446 e. The van der Waals surface area contributed by atoms with Gasteiger partial charge in [0.1, 0.15) is 11.6 Å². The highest BCUT2D eigenvalue weighted by molar-refractivity contribution is 6.30. The van der Waals surface area contributed by atoms with Crippen LogP contribution in [0.25, 0.3) is 0 Å². The summed E-state index contributed by atoms with van der Waals surface area (Å²) in [5.41, 5.74) is 5.70. The Morgan fingerprint density at radius 3 is 2.54 bits per heavy atom. The van der Waals surface area contributed by atoms with Crippen molar-refractivity contribution in [2.24, 2.45) is 5.73 Å². The molecular weight excluding hydrogens is 384 g/mol. The molecule has 0 aliphatic heterocycles. The second-order valence-corrected chi connectivity index (χ2v) is 6.11. The van der Waals surface area contributed by atoms with Gasteiger partial charge in [-0.3, -0.25) is 4.79 Å². The maximum absolute atomic E-state index is 13.4. The standard InChI is InChI=1S/C15H15ClF4N2O4/c16-10-4-3-9(6-11(10)17)25-13(26-14(24)15(18,19)20)12(23)22-8-2-1-7(21)5-8/h3-4,6-8,13H,1-2,5,21H2,(H,22,23)/t7-,8-,13?/m0/s1. The molecule has 0 radical (unpaired) electrons. The van der Waals surface area contributed by atoms with Crippen molar-refractivity contribution in [1.29, 1.82) is 0 Å². The molecule has 26 heavy (non-hydrogen) atoms. The number of ether oxygens (including phenoxy) is 2. The molecule has 1 aliphatic rings. The fourth-order valence-electron chi connectivity index (χ4n) is 2.39. The largest absolute Gasteiger partial charge is 0.491 e. The number of hydrogen-bond donors (Lipinski definition) is 2. The highest BCUT2D eigenvalue weighted by Gasteiger charge is 2.44. The zero-order valence-corrected chi connectivity index (χ0v) is 13.9. The lowest BCUT2D eigenvalue weighted by Crippen LogP contribution is -2.47. The van der Waals surface area contributed by atoms with E-state index in [1.807, 2.05) is 0 Å². The summed E-state index contributed by atoms with van der Waals surface area (Å²) in [6.45, 7) is 0. The highest BCUT2D eigenvalue weighted by Crippen LogP contribution is 2.24. The zero-order valence-electron chi connectivity index (χ0n) is 13.2. The molecule has 0 bridgehead atoms. The van der Waals surface area contributed by atoms with Crippen molar-refractivity contribution < 1.29 is 36.6 Å². The third kappa shape index (κ3) is 5.46. The minimum absolute atomic E-state index is 0.150. The Balaban J connectivity index is 2.13. The number of carbonyl (C=O) groups is 2. The SMILES string of the molecule is N[C@H]1CC[C@H](NC(=O)C(OC(=O)C(F)(F)F)Oc2ccc(Cl)c(F)c2)C1. The molecule has 1 saturated carbocycles. The number of halogens is 5. The normalized spacial score (nSPS) is 21.2. The number of nitrogens with two attached hydrogens (primary N) is 1. The molecule has 0 spiro atoms. The van der Waals surface area contributed by atoms with Crippen molar-refractivity contribution in [2.75, 3.05) is 0 Å². The Labute approximate surface area is 150 Å². The molecule has 2 rings (SSSR count). The van der Waals surface area contributed by atoms with E-state index in [0.29, 0.717) is 19.3 Å². The van der Waals surface area contributed by atoms with Crippen LogP contribution in [0.2, 0.25) is 5.02 Å². The summed E-state index contributed by atoms with van der Waals surface area (Å²) in [5.74, 6) is -5.00. The topological polar surface area (TPSA) is 90.6 Å². The summed E-state index contributed by atoms with van der Waals surface area (Å²) in [6.07, 6.45) is -6.03. The first-order valence-corrected chi connectivity index (χ1v) is 7.89. The number of esters is 1. The Kier molecular flexibility index (Phi) is 6.30. The lowest BCUT2D eigenvalue weighted by atomic mass is 10.2. The van der Waals surface area contributed by atoms with Crippen LogP contribution < -0.4 is 15.8 Å². The van der Waals surface area contributed by atoms with E-state index in [2.05, 4.69) is 10.1 Å². The number of alkyl halides is 3. The molecule has 0 aromatic heterocycles. The Bertz CT molecular complexity index is 686. The van der Waals surface area contributed by atoms with E-state index in [1.54, 1.807) is 0 Å². The van der Waals surface area contributed by atoms with Crippen molar-refractivity contribution >= 4 is 23.5 Å². The molecule has 0 heterocycles. The summed E-state index contributed by atoms with van der Waals surface area (Å²) in [4.78, 5) is 23.2. The van der Waals surface area contributed by atoms with E-state index in [9.17, 15) is 27.2 Å². The maximum Gasteiger partial charge on any atom is 0.491 e. The van der Waals surface area contributed by atoms with Crippen molar-refractivity contribution in [2.45, 2.75) is 43.8 Å². The van der Waals surface area contributed by atoms with Gasteiger partial charge in [0.05, 0.1) is 5.02 Å². The van der Waals surface area contributed by atoms with Gasteiger partial charge in [0.25, 0.3) is 0 Å². The maximum atomic E-state index is 13.4. The average Bonchev–Trinajstić information content (AvgIpc) is 2.94. The molecule has 1 amide bonds. The van der Waals surface area contributed by atoms with Crippen molar-refractivity contribution in [1.82, 2.24) is 5.32 Å². The van der Waals surface area contributed by atoms with Crippen LogP contribution in [0, 0.1) is 5.82 Å². The van der Waals surface area contributed by atoms with Gasteiger partial charge in [-0.1, -0.05) is 11.6 Å². The van der Waals surface area contributed by atoms with Crippen LogP contribution in [-0.4, -0.2) is 36.4 Å². The molecule has 11 heteroatoms. The van der Waals surface area contributed by atoms with Crippen LogP contribution in [-0.2, 0) is 14.3 Å². The van der Waals surface area contributed by atoms with E-state index in [0.717, 1.165) is 18.2 Å². The number of carbonyl (C=O) groups excluding carboxylic acids is 2. The number of benzene rings is 1. The predicted molar refractivity (Wildman–Crippen MR) is 81.7 cm³/mol. The molecule has 3 atom stereocenters. The van der Waals surface area contributed by atoms with Gasteiger partial charge in [0.2, 0.25) is 0 Å². The van der Waals surface area contributed by atoms with Crippen LogP contribution in [0.4, 0.5) is 17.6 Å². The number of hydrogen-bond acceptors (Lipinski definition) is 5. The van der Waals surface area contributed by atoms with Crippen molar-refractivity contribution in [3.63, 3.8) is 0 Å². The fourth-order valence-corrected chi connectivity index (χ4v) is 2.50. The first-order chi connectivity index (χ1) is 12.1. The van der Waals surface area contributed by atoms with Gasteiger partial charge in [0, 0.05) is 18.2 Å². The molecular formula is C15H15ClF4N2O4. The first-order valence-electron chi connectivity index (χ1n) is 7.51. The van der Waals surface area contributed by atoms with Crippen LogP contribution in [0.5, 0.6) is 5.75 Å². The number of rotatable bonds is 5. The van der Waals surface area contributed by atoms with Gasteiger partial charge >= 0.3 is 24.3 Å². The molecule has 3 N–H and O–H groups in total. The summed E-state index contributed by atoms with van der Waals surface area (Å²) >= 11 is 5.50. The predicted octanol–water partition coefficient (Wildman–Crippen LogP) is 2.29. The molecule has 1 fully saturated rings. The second-order valence-electron chi connectivity index (χ2n) is 5.71. The van der Waals surface area contributed by atoms with Crippen LogP contribution in [0.1, 0.15) is 19.3 Å². The summed E-state index contributed by atoms with van der Waals surface area (Å²) < 4.78 is 59.8. The third-order valence-electron chi connectivity index (χ3n) is 3.61. The van der Waals surface area contributed by atoms with Gasteiger partial charge in [-0.25, -0.2) is 9.18 Å². The van der Waals surface area contributed by atoms with Crippen LogP contribution >= 0.6 is 11.6 Å². The molecule has 1 unspecified atom stereocenters. The smallest absolute Gasteiger partial charge is 0.446 e. The minimum atomic E-state index is -5.33. The molecule has 1 aliphatic carbocycles. The summed E-state index contributed by atoms with van der Waals surface area (Å²) in [5, 5.41) is 2.15. The Morgan fingerprint density at radius 2 is 2.00 bits per heavy atom. The lowest BCUT2D eigenvalue weighted by molar-refractivity contribution is -0.216. The molecule has 6 nitrogen and oxygen atoms in total. The van der Waals surface area contributed by atoms with E-state index in [4.69, 9.17) is 22.1 Å². The van der Waals surface area contributed by atoms with Gasteiger partial charge in [0.15, 0.2) is 0 Å². The highest BCUT2D eigenvalue weighted by atomic mass is 35.5. The van der Waals surface area contributed by atoms with Crippen molar-refractivity contribution in [3.05, 3.63) is 29.0 Å². The molecule has 1 aromatic rings. The number of nitrogens with one attached hydrogen (secondary N) is 1. The first kappa shape index (κ1) is 20.2. The lowest BCUT2D eigenvalue weighted by Gasteiger charge is -2.21. The quantitative estimate of drug-likeness (QED) is 0.451. The van der Waals surface area contributed by atoms with Crippen LogP contribution in [0.15, 0.2) is 18.2 Å². The van der Waals surface area contributed by atoms with Crippen LogP contribution in [0.3, 0.4) is 0 Å². The van der Waals surface area contributed by atoms with Gasteiger partial charge in [-0.15, -0.1) is 0 Å². The van der Waals surface area contributed by atoms with E-state index < -0.39 is 36.2 Å². The van der Waals surface area contributed by atoms with E-state index in [-0.39, 0.29) is 16.8 Å². The Hall–Kier alpha value is -2.07. The Morgan fingerprint density at radius 1 is 1.31 bits per heavy atom.